The molecule has 60 valence electrons. The predicted octanol–water partition coefficient (Wildman–Crippen LogP) is 3.59. The van der Waals surface area contributed by atoms with Crippen LogP contribution in [0.3, 0.4) is 0 Å². The number of rotatable bonds is 0. The molecule has 0 spiro atoms. The van der Waals surface area contributed by atoms with Gasteiger partial charge in [-0.25, -0.2) is 0 Å². The van der Waals surface area contributed by atoms with Crippen molar-refractivity contribution in [1.82, 2.24) is 0 Å². The van der Waals surface area contributed by atoms with Crippen molar-refractivity contribution in [3.05, 3.63) is 33.3 Å². The molecule has 0 heterocycles. The van der Waals surface area contributed by atoms with Gasteiger partial charge in [-0.15, -0.1) is 0 Å². The molecule has 0 aliphatic carbocycles. The van der Waals surface area contributed by atoms with Crippen molar-refractivity contribution in [2.45, 2.75) is 26.2 Å². The molecule has 0 aliphatic rings. The Labute approximate surface area is 87.8 Å². The summed E-state index contributed by atoms with van der Waals surface area (Å²) in [6.07, 6.45) is 0. The number of hydrogen-bond donors (Lipinski definition) is 0. The third kappa shape index (κ3) is 2.47. The normalized spacial score (nSPS) is 16.7. The average molecular weight is 264 g/mol. The molecule has 0 N–H and O–H groups in total. The molecule has 1 aromatic carbocycles. The minimum Gasteiger partial charge on any atom is -0.0609 e. The summed E-state index contributed by atoms with van der Waals surface area (Å²) in [5.41, 5.74) is 0.213. The van der Waals surface area contributed by atoms with Gasteiger partial charge in [-0.05, 0) is 45.7 Å². The highest BCUT2D eigenvalue weighted by Crippen LogP contribution is 2.22. The van der Waals surface area contributed by atoms with Crippen molar-refractivity contribution in [2.75, 3.05) is 0 Å². The van der Waals surface area contributed by atoms with Crippen LogP contribution in [-0.2, 0) is 5.41 Å². The Hall–Kier alpha value is -0.0500. The highest BCUT2D eigenvalue weighted by Gasteiger charge is 2.12. The minimum atomic E-state index is -0.336. The lowest BCUT2D eigenvalue weighted by atomic mass is 9.87. The summed E-state index contributed by atoms with van der Waals surface area (Å²) < 4.78 is 31.4. The molecule has 0 radical (unpaired) electrons. The lowest BCUT2D eigenvalue weighted by molar-refractivity contribution is 0.590. The van der Waals surface area contributed by atoms with Crippen molar-refractivity contribution in [2.24, 2.45) is 0 Å². The first-order chi connectivity index (χ1) is 6.68. The van der Waals surface area contributed by atoms with Crippen molar-refractivity contribution in [1.29, 1.82) is 0 Å². The highest BCUT2D eigenvalue weighted by molar-refractivity contribution is 14.1. The van der Waals surface area contributed by atoms with Crippen LogP contribution < -0.4 is 0 Å². The largest absolute Gasteiger partial charge is 0.0637 e. The third-order valence-corrected chi connectivity index (χ3v) is 1.88. The van der Waals surface area contributed by atoms with Gasteiger partial charge in [0.15, 0.2) is 0 Å². The van der Waals surface area contributed by atoms with Crippen molar-refractivity contribution < 1.29 is 5.48 Å². The van der Waals surface area contributed by atoms with E-state index in [0.717, 1.165) is 0 Å². The summed E-state index contributed by atoms with van der Waals surface area (Å²) >= 11 is 1.90. The smallest absolute Gasteiger partial charge is 0.0609 e. The van der Waals surface area contributed by atoms with Crippen LogP contribution in [0.25, 0.3) is 0 Å². The zero-order valence-corrected chi connectivity index (χ0v) is 9.04. The Morgan fingerprint density at radius 3 is 2.55 bits per heavy atom. The van der Waals surface area contributed by atoms with E-state index in [4.69, 9.17) is 5.48 Å². The van der Waals surface area contributed by atoms with Gasteiger partial charge in [0.1, 0.15) is 0 Å². The molecule has 0 saturated heterocycles. The fraction of sp³-hybridized carbons (Fsp3) is 0.400. The molecule has 1 aromatic rings. The van der Waals surface area contributed by atoms with Crippen LogP contribution >= 0.6 is 22.6 Å². The SMILES string of the molecule is [2H]c1c([2H])c(I)c([2H])c(C(C)(C)C)c1[2H]. The fourth-order valence-electron chi connectivity index (χ4n) is 0.696. The van der Waals surface area contributed by atoms with Gasteiger partial charge >= 0.3 is 0 Å². The maximum absolute atomic E-state index is 7.90. The van der Waals surface area contributed by atoms with E-state index in [1.165, 1.54) is 0 Å². The quantitative estimate of drug-likeness (QED) is 0.628. The first-order valence-corrected chi connectivity index (χ1v) is 4.52. The first kappa shape index (κ1) is 4.85. The van der Waals surface area contributed by atoms with Gasteiger partial charge in [-0.3, -0.25) is 0 Å². The summed E-state index contributed by atoms with van der Waals surface area (Å²) in [7, 11) is 0. The number of halogens is 1. The Morgan fingerprint density at radius 1 is 1.36 bits per heavy atom. The molecule has 0 bridgehead atoms. The van der Waals surface area contributed by atoms with Crippen LogP contribution in [0.2, 0.25) is 0 Å². The van der Waals surface area contributed by atoms with Gasteiger partial charge in [0, 0.05) is 3.57 Å². The Bertz CT molecular complexity index is 378. The van der Waals surface area contributed by atoms with E-state index < -0.39 is 0 Å². The molecule has 0 aromatic heterocycles. The molecule has 0 amide bonds. The summed E-state index contributed by atoms with van der Waals surface area (Å²) in [5.74, 6) is 0. The van der Waals surface area contributed by atoms with Gasteiger partial charge in [-0.2, -0.15) is 0 Å². The maximum atomic E-state index is 7.90. The predicted molar refractivity (Wildman–Crippen MR) is 57.9 cm³/mol. The summed E-state index contributed by atoms with van der Waals surface area (Å²) in [4.78, 5) is 0. The van der Waals surface area contributed by atoms with E-state index in [-0.39, 0.29) is 29.6 Å². The topological polar surface area (TPSA) is 0 Å². The van der Waals surface area contributed by atoms with Gasteiger partial charge in [0.2, 0.25) is 0 Å². The molecule has 11 heavy (non-hydrogen) atoms. The molecule has 1 heteroatoms. The summed E-state index contributed by atoms with van der Waals surface area (Å²) in [5, 5.41) is 0. The monoisotopic (exact) mass is 264 g/mol. The Balaban J connectivity index is 3.68. The van der Waals surface area contributed by atoms with E-state index in [1.54, 1.807) is 0 Å². The molecule has 0 atom stereocenters. The molecule has 0 saturated carbocycles. The Kier molecular flexibility index (Phi) is 1.38. The highest BCUT2D eigenvalue weighted by atomic mass is 127. The van der Waals surface area contributed by atoms with Crippen LogP contribution in [0, 0.1) is 3.57 Å². The van der Waals surface area contributed by atoms with Gasteiger partial charge in [0.25, 0.3) is 0 Å². The molecule has 0 nitrogen and oxygen atoms in total. The summed E-state index contributed by atoms with van der Waals surface area (Å²) in [6, 6.07) is 0.131. The maximum Gasteiger partial charge on any atom is 0.0637 e. The lowest BCUT2D eigenvalue weighted by Crippen LogP contribution is -2.10. The van der Waals surface area contributed by atoms with Gasteiger partial charge < -0.3 is 0 Å². The van der Waals surface area contributed by atoms with Crippen molar-refractivity contribution >= 4 is 22.6 Å². The Morgan fingerprint density at radius 2 is 2.00 bits per heavy atom. The average Bonchev–Trinajstić information content (AvgIpc) is 2.09. The van der Waals surface area contributed by atoms with E-state index in [2.05, 4.69) is 0 Å². The zero-order valence-electron chi connectivity index (χ0n) is 10.9. The van der Waals surface area contributed by atoms with Crippen LogP contribution in [-0.4, -0.2) is 0 Å². The number of benzene rings is 1. The van der Waals surface area contributed by atoms with E-state index in [9.17, 15) is 0 Å². The lowest BCUT2D eigenvalue weighted by Gasteiger charge is -2.18. The van der Waals surface area contributed by atoms with E-state index >= 15 is 0 Å². The van der Waals surface area contributed by atoms with Crippen LogP contribution in [0.4, 0.5) is 0 Å². The van der Waals surface area contributed by atoms with E-state index in [1.807, 2.05) is 43.4 Å². The van der Waals surface area contributed by atoms with E-state index in [0.29, 0.717) is 9.13 Å². The second-order valence-corrected chi connectivity index (χ2v) is 4.52. The summed E-state index contributed by atoms with van der Waals surface area (Å²) in [6.45, 7) is 5.74. The second-order valence-electron chi connectivity index (χ2n) is 3.44. The molecule has 1 rings (SSSR count). The zero-order chi connectivity index (χ0) is 12.0. The third-order valence-electron chi connectivity index (χ3n) is 1.34. The first-order valence-electron chi connectivity index (χ1n) is 5.44. The minimum absolute atomic E-state index is 0.0120. The van der Waals surface area contributed by atoms with Crippen LogP contribution in [0.15, 0.2) is 24.2 Å². The molecular formula is C10H13I. The molecule has 0 unspecified atom stereocenters. The van der Waals surface area contributed by atoms with Gasteiger partial charge in [0.05, 0.1) is 5.48 Å². The molecule has 0 fully saturated rings. The standard InChI is InChI=1S/C10H13I/c1-10(2,3)8-5-4-6-9(11)7-8/h4-7H,1-3H3/i4D,5D,6D,7D. The van der Waals surface area contributed by atoms with Crippen molar-refractivity contribution in [3.8, 4) is 0 Å². The molecular weight excluding hydrogens is 247 g/mol. The van der Waals surface area contributed by atoms with Crippen molar-refractivity contribution in [3.63, 3.8) is 0 Å². The van der Waals surface area contributed by atoms with Gasteiger partial charge in [-0.1, -0.05) is 32.9 Å². The second kappa shape index (κ2) is 3.13. The van der Waals surface area contributed by atoms with Crippen LogP contribution in [0.1, 0.15) is 31.8 Å². The molecule has 0 aliphatic heterocycles. The number of hydrogen-bond acceptors (Lipinski definition) is 0. The fourth-order valence-corrected chi connectivity index (χ4v) is 1.10. The van der Waals surface area contributed by atoms with Crippen LogP contribution in [0.5, 0.6) is 0 Å².